The van der Waals surface area contributed by atoms with Gasteiger partial charge < -0.3 is 20.9 Å². The van der Waals surface area contributed by atoms with Crippen molar-refractivity contribution in [1.29, 1.82) is 0 Å². The predicted octanol–water partition coefficient (Wildman–Crippen LogP) is 2.34. The molecule has 1 fully saturated rings. The number of amides is 2. The van der Waals surface area contributed by atoms with Crippen LogP contribution in [0.25, 0.3) is 11.3 Å². The van der Waals surface area contributed by atoms with Gasteiger partial charge in [-0.1, -0.05) is 0 Å². The zero-order valence-electron chi connectivity index (χ0n) is 20.2. The third-order valence-corrected chi connectivity index (χ3v) is 5.44. The number of rotatable bonds is 5. The lowest BCUT2D eigenvalue weighted by Gasteiger charge is -2.29. The standard InChI is InChI=1S/C22H22N8O2/c1-23-22(32)14-10-27-17(29-21(31)12-3-4-12)9-15(14)28-20-19-13(5-6-26-20)18-16(11-30(19)2)24-7-8-25-18/h5-10,12H,3-4,11H2,1-2H3,(H,23,32)(H2,26,27,28,29,31)/i1D3. The molecule has 3 aromatic heterocycles. The first-order valence-electron chi connectivity index (χ1n) is 11.6. The Morgan fingerprint density at radius 1 is 1.16 bits per heavy atom. The maximum atomic E-state index is 12.8. The van der Waals surface area contributed by atoms with Crippen molar-refractivity contribution >= 4 is 34.8 Å². The highest BCUT2D eigenvalue weighted by molar-refractivity contribution is 6.02. The number of hydrogen-bond acceptors (Lipinski definition) is 8. The molecule has 0 saturated heterocycles. The Balaban J connectivity index is 1.55. The summed E-state index contributed by atoms with van der Waals surface area (Å²) < 4.78 is 22.2. The highest BCUT2D eigenvalue weighted by atomic mass is 16.2. The normalized spacial score (nSPS) is 16.0. The predicted molar refractivity (Wildman–Crippen MR) is 120 cm³/mol. The largest absolute Gasteiger partial charge is 0.365 e. The fourth-order valence-corrected chi connectivity index (χ4v) is 3.71. The number of carbonyl (C=O) groups excluding carboxylic acids is 2. The third-order valence-electron chi connectivity index (χ3n) is 5.44. The Hall–Kier alpha value is -4.08. The van der Waals surface area contributed by atoms with E-state index >= 15 is 0 Å². The van der Waals surface area contributed by atoms with Crippen molar-refractivity contribution in [1.82, 2.24) is 25.3 Å². The van der Waals surface area contributed by atoms with E-state index in [4.69, 9.17) is 4.11 Å². The van der Waals surface area contributed by atoms with E-state index in [1.807, 2.05) is 23.3 Å². The minimum atomic E-state index is -2.68. The van der Waals surface area contributed by atoms with Crippen molar-refractivity contribution in [3.63, 3.8) is 0 Å². The quantitative estimate of drug-likeness (QED) is 0.560. The second kappa shape index (κ2) is 7.88. The van der Waals surface area contributed by atoms with Crippen LogP contribution in [0.15, 0.2) is 36.9 Å². The van der Waals surface area contributed by atoms with Crippen LogP contribution in [-0.4, -0.2) is 45.8 Å². The van der Waals surface area contributed by atoms with Gasteiger partial charge in [-0.05, 0) is 18.9 Å². The molecule has 10 heteroatoms. The molecule has 3 N–H and O–H groups in total. The molecule has 2 aliphatic rings. The summed E-state index contributed by atoms with van der Waals surface area (Å²) in [6.45, 7) is -2.18. The van der Waals surface area contributed by atoms with E-state index in [0.717, 1.165) is 35.5 Å². The van der Waals surface area contributed by atoms with Gasteiger partial charge in [0.05, 0.1) is 34.9 Å². The van der Waals surface area contributed by atoms with E-state index in [-0.39, 0.29) is 28.9 Å². The maximum Gasteiger partial charge on any atom is 0.254 e. The molecule has 10 nitrogen and oxygen atoms in total. The Morgan fingerprint density at radius 3 is 2.81 bits per heavy atom. The summed E-state index contributed by atoms with van der Waals surface area (Å²) in [4.78, 5) is 44.5. The molecule has 2 amide bonds. The molecule has 1 saturated carbocycles. The molecule has 5 rings (SSSR count). The Kier molecular flexibility index (Phi) is 4.08. The van der Waals surface area contributed by atoms with Gasteiger partial charge in [0.1, 0.15) is 5.82 Å². The first-order chi connectivity index (χ1) is 16.7. The van der Waals surface area contributed by atoms with Crippen LogP contribution in [0, 0.1) is 5.92 Å². The number of pyridine rings is 2. The summed E-state index contributed by atoms with van der Waals surface area (Å²) in [7, 11) is 1.89. The van der Waals surface area contributed by atoms with Gasteiger partial charge in [-0.2, -0.15) is 0 Å². The van der Waals surface area contributed by atoms with Crippen LogP contribution in [0.2, 0.25) is 0 Å². The second-order valence-corrected chi connectivity index (χ2v) is 7.72. The van der Waals surface area contributed by atoms with E-state index < -0.39 is 12.9 Å². The van der Waals surface area contributed by atoms with Gasteiger partial charge in [-0.3, -0.25) is 19.6 Å². The molecule has 0 aromatic carbocycles. The fraction of sp³-hybridized carbons (Fsp3) is 0.273. The lowest BCUT2D eigenvalue weighted by atomic mass is 10.0. The van der Waals surface area contributed by atoms with E-state index in [1.54, 1.807) is 18.6 Å². The minimum absolute atomic E-state index is 0.0106. The average molecular weight is 433 g/mol. The number of hydrogen-bond donors (Lipinski definition) is 3. The molecule has 4 heterocycles. The summed E-state index contributed by atoms with van der Waals surface area (Å²) in [5.74, 6) is -0.355. The first kappa shape index (κ1) is 16.6. The molecule has 0 spiro atoms. The SMILES string of the molecule is [2H]C([2H])([2H])NC(=O)c1cnc(NC(=O)C2CC2)cc1Nc1nccc2c1N(C)Cc1nccnc1-2. The molecule has 162 valence electrons. The first-order valence-corrected chi connectivity index (χ1v) is 10.1. The molecule has 0 unspecified atom stereocenters. The van der Waals surface area contributed by atoms with Crippen LogP contribution in [0.4, 0.5) is 23.0 Å². The summed E-state index contributed by atoms with van der Waals surface area (Å²) in [5.41, 5.74) is 3.34. The fourth-order valence-electron chi connectivity index (χ4n) is 3.71. The Morgan fingerprint density at radius 2 is 2.00 bits per heavy atom. The van der Waals surface area contributed by atoms with Crippen LogP contribution in [-0.2, 0) is 11.3 Å². The van der Waals surface area contributed by atoms with Crippen LogP contribution in [0.3, 0.4) is 0 Å². The Bertz CT molecular complexity index is 1330. The van der Waals surface area contributed by atoms with Crippen molar-refractivity contribution in [2.75, 3.05) is 29.6 Å². The number of aromatic nitrogens is 4. The molecule has 0 radical (unpaired) electrons. The molecule has 32 heavy (non-hydrogen) atoms. The van der Waals surface area contributed by atoms with Gasteiger partial charge in [-0.25, -0.2) is 9.97 Å². The zero-order valence-corrected chi connectivity index (χ0v) is 17.2. The highest BCUT2D eigenvalue weighted by Gasteiger charge is 2.30. The van der Waals surface area contributed by atoms with Crippen molar-refractivity contribution in [2.45, 2.75) is 19.4 Å². The van der Waals surface area contributed by atoms with Crippen LogP contribution in [0.1, 0.15) is 33.0 Å². The lowest BCUT2D eigenvalue weighted by Crippen LogP contribution is -2.25. The monoisotopic (exact) mass is 433 g/mol. The number of nitrogens with one attached hydrogen (secondary N) is 3. The van der Waals surface area contributed by atoms with Gasteiger partial charge in [0.25, 0.3) is 5.91 Å². The average Bonchev–Trinajstić information content (AvgIpc) is 3.64. The van der Waals surface area contributed by atoms with Crippen LogP contribution < -0.4 is 20.9 Å². The zero-order chi connectivity index (χ0) is 24.7. The smallest absolute Gasteiger partial charge is 0.254 e. The highest BCUT2D eigenvalue weighted by Crippen LogP contribution is 2.41. The van der Waals surface area contributed by atoms with Crippen molar-refractivity contribution in [3.05, 3.63) is 48.2 Å². The van der Waals surface area contributed by atoms with E-state index in [2.05, 4.69) is 30.6 Å². The van der Waals surface area contributed by atoms with Crippen molar-refractivity contribution in [2.24, 2.45) is 5.92 Å². The topological polar surface area (TPSA) is 125 Å². The van der Waals surface area contributed by atoms with Gasteiger partial charge in [0.2, 0.25) is 5.91 Å². The van der Waals surface area contributed by atoms with Crippen LogP contribution >= 0.6 is 0 Å². The van der Waals surface area contributed by atoms with E-state index in [0.29, 0.717) is 12.4 Å². The summed E-state index contributed by atoms with van der Waals surface area (Å²) >= 11 is 0. The maximum absolute atomic E-state index is 12.8. The molecular weight excluding hydrogens is 408 g/mol. The second-order valence-electron chi connectivity index (χ2n) is 7.72. The van der Waals surface area contributed by atoms with Gasteiger partial charge in [0.15, 0.2) is 5.82 Å². The molecule has 1 aliphatic carbocycles. The minimum Gasteiger partial charge on any atom is -0.365 e. The Labute approximate surface area is 188 Å². The van der Waals surface area contributed by atoms with Gasteiger partial charge >= 0.3 is 0 Å². The number of fused-ring (bicyclic) bond motifs is 3. The number of carbonyl (C=O) groups is 2. The van der Waals surface area contributed by atoms with Gasteiger partial charge in [-0.15, -0.1) is 0 Å². The third kappa shape index (κ3) is 3.59. The summed E-state index contributed by atoms with van der Waals surface area (Å²) in [6.07, 6.45) is 7.75. The van der Waals surface area contributed by atoms with Crippen molar-refractivity contribution < 1.29 is 13.7 Å². The van der Waals surface area contributed by atoms with E-state index in [1.165, 1.54) is 12.3 Å². The summed E-state index contributed by atoms with van der Waals surface area (Å²) in [5, 5.41) is 7.88. The van der Waals surface area contributed by atoms with E-state index in [9.17, 15) is 9.59 Å². The molecule has 1 aliphatic heterocycles. The summed E-state index contributed by atoms with van der Waals surface area (Å²) in [6, 6.07) is 3.33. The molecule has 0 bridgehead atoms. The van der Waals surface area contributed by atoms with Crippen molar-refractivity contribution in [3.8, 4) is 11.3 Å². The lowest BCUT2D eigenvalue weighted by molar-refractivity contribution is -0.117. The van der Waals surface area contributed by atoms with Crippen LogP contribution in [0.5, 0.6) is 0 Å². The number of nitrogens with zero attached hydrogens (tertiary/aromatic N) is 5. The molecular formula is C22H22N8O2. The van der Waals surface area contributed by atoms with Gasteiger partial charge in [0, 0.05) is 60.5 Å². The number of anilines is 4. The molecule has 3 aromatic rings. The molecule has 0 atom stereocenters.